The molecule has 0 spiro atoms. The molecule has 29 heavy (non-hydrogen) atoms. The lowest BCUT2D eigenvalue weighted by atomic mass is 10.1. The lowest BCUT2D eigenvalue weighted by Crippen LogP contribution is -2.49. The van der Waals surface area contributed by atoms with Crippen molar-refractivity contribution in [1.82, 2.24) is 10.2 Å². The van der Waals surface area contributed by atoms with Gasteiger partial charge in [0.2, 0.25) is 0 Å². The van der Waals surface area contributed by atoms with Crippen LogP contribution in [0.25, 0.3) is 0 Å². The van der Waals surface area contributed by atoms with Gasteiger partial charge in [0, 0.05) is 6.54 Å². The summed E-state index contributed by atoms with van der Waals surface area (Å²) in [4.78, 5) is 38.3. The van der Waals surface area contributed by atoms with Crippen LogP contribution in [0, 0.1) is 0 Å². The number of hydrogen-bond donors (Lipinski definition) is 1. The third kappa shape index (κ3) is 7.29. The van der Waals surface area contributed by atoms with Crippen LogP contribution in [-0.4, -0.2) is 53.9 Å². The van der Waals surface area contributed by atoms with E-state index in [2.05, 4.69) is 5.32 Å². The highest BCUT2D eigenvalue weighted by Crippen LogP contribution is 2.23. The highest BCUT2D eigenvalue weighted by Gasteiger charge is 2.41. The van der Waals surface area contributed by atoms with Crippen LogP contribution in [-0.2, 0) is 25.6 Å². The first-order valence-electron chi connectivity index (χ1n) is 9.82. The Balaban J connectivity index is 2.03. The normalized spacial score (nSPS) is 18.8. The second kappa shape index (κ2) is 10.1. The van der Waals surface area contributed by atoms with Crippen molar-refractivity contribution in [2.75, 3.05) is 13.2 Å². The van der Waals surface area contributed by atoms with Crippen LogP contribution in [0.4, 0.5) is 9.59 Å². The van der Waals surface area contributed by atoms with Crippen molar-refractivity contribution in [3.05, 3.63) is 35.9 Å². The first-order chi connectivity index (χ1) is 13.7. The van der Waals surface area contributed by atoms with Crippen molar-refractivity contribution < 1.29 is 28.6 Å². The highest BCUT2D eigenvalue weighted by atomic mass is 16.6. The average molecular weight is 406 g/mol. The molecule has 2 atom stereocenters. The number of carbonyl (C=O) groups is 3. The Labute approximate surface area is 171 Å². The van der Waals surface area contributed by atoms with Crippen LogP contribution in [0.15, 0.2) is 30.3 Å². The first-order valence-corrected chi connectivity index (χ1v) is 9.82. The van der Waals surface area contributed by atoms with Crippen LogP contribution in [0.1, 0.15) is 46.1 Å². The van der Waals surface area contributed by atoms with Crippen molar-refractivity contribution in [2.24, 2.45) is 0 Å². The van der Waals surface area contributed by atoms with E-state index in [-0.39, 0.29) is 19.6 Å². The third-order valence-corrected chi connectivity index (χ3v) is 4.37. The van der Waals surface area contributed by atoms with E-state index in [9.17, 15) is 14.4 Å². The van der Waals surface area contributed by atoms with Gasteiger partial charge in [-0.2, -0.15) is 0 Å². The number of ether oxygens (including phenoxy) is 3. The molecule has 8 nitrogen and oxygen atoms in total. The summed E-state index contributed by atoms with van der Waals surface area (Å²) in [6.45, 7) is 7.76. The molecule has 0 radical (unpaired) electrons. The number of likely N-dealkylation sites (tertiary alicyclic amines) is 1. The molecule has 1 fully saturated rings. The quantitative estimate of drug-likeness (QED) is 0.576. The zero-order chi connectivity index (χ0) is 21.4. The molecule has 1 aliphatic heterocycles. The van der Waals surface area contributed by atoms with E-state index in [0.29, 0.717) is 13.0 Å². The van der Waals surface area contributed by atoms with Crippen molar-refractivity contribution in [3.8, 4) is 0 Å². The Bertz CT molecular complexity index is 701. The second-order valence-corrected chi connectivity index (χ2v) is 7.85. The number of carbonyl (C=O) groups excluding carboxylic acids is 3. The number of benzene rings is 1. The van der Waals surface area contributed by atoms with Crippen LogP contribution in [0.2, 0.25) is 0 Å². The molecule has 2 amide bonds. The molecule has 1 N–H and O–H groups in total. The van der Waals surface area contributed by atoms with Gasteiger partial charge >= 0.3 is 18.2 Å². The van der Waals surface area contributed by atoms with E-state index in [0.717, 1.165) is 5.56 Å². The van der Waals surface area contributed by atoms with Gasteiger partial charge in [-0.1, -0.05) is 30.3 Å². The van der Waals surface area contributed by atoms with Gasteiger partial charge in [-0.25, -0.2) is 9.59 Å². The van der Waals surface area contributed by atoms with Gasteiger partial charge in [-0.15, -0.1) is 0 Å². The van der Waals surface area contributed by atoms with Gasteiger partial charge in [-0.3, -0.25) is 4.79 Å². The number of nitrogens with one attached hydrogen (secondary N) is 1. The molecular weight excluding hydrogens is 376 g/mol. The third-order valence-electron chi connectivity index (χ3n) is 4.37. The lowest BCUT2D eigenvalue weighted by molar-refractivity contribution is -0.144. The minimum atomic E-state index is -0.645. The maximum absolute atomic E-state index is 12.6. The highest BCUT2D eigenvalue weighted by molar-refractivity contribution is 5.74. The number of alkyl carbamates (subject to hydrolysis) is 1. The summed E-state index contributed by atoms with van der Waals surface area (Å²) in [5, 5.41) is 2.77. The summed E-state index contributed by atoms with van der Waals surface area (Å²) in [7, 11) is 0. The molecule has 0 aliphatic carbocycles. The zero-order valence-electron chi connectivity index (χ0n) is 17.5. The molecular formula is C21H30N2O6. The average Bonchev–Trinajstić information content (AvgIpc) is 3.01. The lowest BCUT2D eigenvalue weighted by Gasteiger charge is -2.28. The van der Waals surface area contributed by atoms with Crippen molar-refractivity contribution in [3.63, 3.8) is 0 Å². The molecule has 8 heteroatoms. The van der Waals surface area contributed by atoms with Gasteiger partial charge in [0.15, 0.2) is 0 Å². The summed E-state index contributed by atoms with van der Waals surface area (Å²) in [6.07, 6.45) is -0.661. The van der Waals surface area contributed by atoms with Gasteiger partial charge in [0.05, 0.1) is 25.1 Å². The van der Waals surface area contributed by atoms with Gasteiger partial charge in [-0.05, 0) is 39.7 Å². The van der Waals surface area contributed by atoms with Crippen molar-refractivity contribution in [2.45, 2.75) is 64.8 Å². The Hall–Kier alpha value is -2.77. The maximum Gasteiger partial charge on any atom is 0.410 e. The Morgan fingerprint density at radius 2 is 1.83 bits per heavy atom. The molecule has 1 heterocycles. The van der Waals surface area contributed by atoms with Crippen LogP contribution >= 0.6 is 0 Å². The monoisotopic (exact) mass is 406 g/mol. The SMILES string of the molecule is CCOC(=O)C[C@H]1[C@H](NC(=O)OC(C)(C)C)CCN1C(=O)OCc1ccccc1. The predicted octanol–water partition coefficient (Wildman–Crippen LogP) is 3.24. The van der Waals surface area contributed by atoms with E-state index in [4.69, 9.17) is 14.2 Å². The fourth-order valence-electron chi connectivity index (χ4n) is 3.15. The Morgan fingerprint density at radius 1 is 1.14 bits per heavy atom. The molecule has 0 unspecified atom stereocenters. The summed E-state index contributed by atoms with van der Waals surface area (Å²) in [6, 6.07) is 8.34. The molecule has 1 aromatic rings. The minimum absolute atomic E-state index is 0.0330. The van der Waals surface area contributed by atoms with E-state index < -0.39 is 35.8 Å². The van der Waals surface area contributed by atoms with Crippen molar-refractivity contribution >= 4 is 18.2 Å². The molecule has 0 aromatic heterocycles. The fourth-order valence-corrected chi connectivity index (χ4v) is 3.15. The maximum atomic E-state index is 12.6. The van der Waals surface area contributed by atoms with E-state index in [1.165, 1.54) is 4.90 Å². The standard InChI is InChI=1S/C21H30N2O6/c1-5-27-18(24)13-17-16(22-19(25)29-21(2,3)4)11-12-23(17)20(26)28-14-15-9-7-6-8-10-15/h6-10,16-17H,5,11-14H2,1-4H3,(H,22,25)/t16-,17+/m1/s1. The number of rotatable bonds is 6. The first kappa shape index (κ1) is 22.5. The summed E-state index contributed by atoms with van der Waals surface area (Å²) in [5.41, 5.74) is 0.221. The van der Waals surface area contributed by atoms with Crippen LogP contribution in [0.3, 0.4) is 0 Å². The molecule has 1 aromatic carbocycles. The Kier molecular flexibility index (Phi) is 7.87. The number of amides is 2. The van der Waals surface area contributed by atoms with Crippen LogP contribution < -0.4 is 5.32 Å². The number of esters is 1. The van der Waals surface area contributed by atoms with E-state index in [1.807, 2.05) is 30.3 Å². The van der Waals surface area contributed by atoms with Gasteiger partial charge < -0.3 is 24.4 Å². The summed E-state index contributed by atoms with van der Waals surface area (Å²) < 4.78 is 15.7. The second-order valence-electron chi connectivity index (χ2n) is 7.85. The van der Waals surface area contributed by atoms with E-state index in [1.54, 1.807) is 27.7 Å². The van der Waals surface area contributed by atoms with Gasteiger partial charge in [0.1, 0.15) is 12.2 Å². The molecule has 2 rings (SSSR count). The predicted molar refractivity (Wildman–Crippen MR) is 106 cm³/mol. The van der Waals surface area contributed by atoms with Gasteiger partial charge in [0.25, 0.3) is 0 Å². The fraction of sp³-hybridized carbons (Fsp3) is 0.571. The topological polar surface area (TPSA) is 94.2 Å². The molecule has 0 saturated carbocycles. The molecule has 0 bridgehead atoms. The summed E-state index contributed by atoms with van der Waals surface area (Å²) in [5.74, 6) is -0.434. The van der Waals surface area contributed by atoms with Crippen molar-refractivity contribution in [1.29, 1.82) is 0 Å². The smallest absolute Gasteiger partial charge is 0.410 e. The number of nitrogens with zero attached hydrogens (tertiary/aromatic N) is 1. The Morgan fingerprint density at radius 3 is 2.45 bits per heavy atom. The largest absolute Gasteiger partial charge is 0.466 e. The molecule has 1 saturated heterocycles. The summed E-state index contributed by atoms with van der Waals surface area (Å²) >= 11 is 0. The van der Waals surface area contributed by atoms with Crippen LogP contribution in [0.5, 0.6) is 0 Å². The zero-order valence-corrected chi connectivity index (χ0v) is 17.5. The number of hydrogen-bond acceptors (Lipinski definition) is 6. The minimum Gasteiger partial charge on any atom is -0.466 e. The van der Waals surface area contributed by atoms with E-state index >= 15 is 0 Å². The molecule has 1 aliphatic rings. The molecule has 160 valence electrons.